The molecule has 0 aliphatic heterocycles. The average molecular weight is 906 g/mol. The molecule has 0 saturated carbocycles. The van der Waals surface area contributed by atoms with Crippen molar-refractivity contribution in [3.8, 4) is 68.4 Å². The molecule has 0 aliphatic rings. The number of fused-ring (bicyclic) bond motifs is 10. The van der Waals surface area contributed by atoms with Crippen LogP contribution in [0.5, 0.6) is 0 Å². The van der Waals surface area contributed by atoms with Gasteiger partial charge in [0.2, 0.25) is 0 Å². The second kappa shape index (κ2) is 16.1. The van der Waals surface area contributed by atoms with Gasteiger partial charge in [0, 0.05) is 60.4 Å². The molecule has 0 unspecified atom stereocenters. The molecule has 4 aromatic heterocycles. The van der Waals surface area contributed by atoms with E-state index in [2.05, 4.69) is 226 Å². The number of hydrogen-bond donors (Lipinski definition) is 0. The molecule has 330 valence electrons. The number of nitrogens with zero attached hydrogens (tertiary/aromatic N) is 7. The Labute approximate surface area is 408 Å². The summed E-state index contributed by atoms with van der Waals surface area (Å²) in [6.45, 7) is 0. The summed E-state index contributed by atoms with van der Waals surface area (Å²) in [7, 11) is 0. The van der Waals surface area contributed by atoms with Crippen LogP contribution >= 0.6 is 0 Å². The van der Waals surface area contributed by atoms with Crippen LogP contribution in [0.15, 0.2) is 237 Å². The lowest BCUT2D eigenvalue weighted by Gasteiger charge is -2.16. The maximum Gasteiger partial charge on any atom is 0.166 e. The van der Waals surface area contributed by atoms with Gasteiger partial charge in [0.15, 0.2) is 17.5 Å². The van der Waals surface area contributed by atoms with Crippen LogP contribution < -0.4 is 0 Å². The van der Waals surface area contributed by atoms with Gasteiger partial charge in [-0.05, 0) is 96.1 Å². The van der Waals surface area contributed by atoms with Crippen molar-refractivity contribution in [2.24, 2.45) is 0 Å². The van der Waals surface area contributed by atoms with Gasteiger partial charge in [-0.1, -0.05) is 152 Å². The molecular weight excluding hydrogens is 867 g/mol. The van der Waals surface area contributed by atoms with Crippen molar-refractivity contribution in [2.75, 3.05) is 0 Å². The van der Waals surface area contributed by atoms with Crippen LogP contribution in [0.2, 0.25) is 0 Å². The lowest BCUT2D eigenvalue weighted by Crippen LogP contribution is -2.05. The summed E-state index contributed by atoms with van der Waals surface area (Å²) in [5.41, 5.74) is 14.5. The molecule has 0 bridgehead atoms. The van der Waals surface area contributed by atoms with Crippen LogP contribution in [0.3, 0.4) is 0 Å². The van der Waals surface area contributed by atoms with E-state index in [-0.39, 0.29) is 0 Å². The van der Waals surface area contributed by atoms with E-state index in [9.17, 15) is 5.26 Å². The highest BCUT2D eigenvalue weighted by Gasteiger charge is 2.25. The van der Waals surface area contributed by atoms with E-state index in [1.54, 1.807) is 0 Å². The predicted octanol–water partition coefficient (Wildman–Crippen LogP) is 15.7. The van der Waals surface area contributed by atoms with Crippen molar-refractivity contribution in [2.45, 2.75) is 0 Å². The van der Waals surface area contributed by atoms with Gasteiger partial charge < -0.3 is 13.7 Å². The fraction of sp³-hybridized carbons (Fsp3) is 0. The summed E-state index contributed by atoms with van der Waals surface area (Å²) in [6, 6.07) is 84.8. The Balaban J connectivity index is 1.07. The molecule has 0 aliphatic carbocycles. The summed E-state index contributed by atoms with van der Waals surface area (Å²) in [5.74, 6) is 1.51. The van der Waals surface area contributed by atoms with Gasteiger partial charge in [0.05, 0.1) is 50.4 Å². The summed E-state index contributed by atoms with van der Waals surface area (Å²) >= 11 is 0. The van der Waals surface area contributed by atoms with Gasteiger partial charge in [-0.2, -0.15) is 5.26 Å². The largest absolute Gasteiger partial charge is 0.309 e. The number of aromatic nitrogens is 6. The topological polar surface area (TPSA) is 77.2 Å². The quantitative estimate of drug-likeness (QED) is 0.160. The van der Waals surface area contributed by atoms with Crippen LogP contribution in [-0.2, 0) is 0 Å². The molecular formula is C64H39N7. The molecule has 0 amide bonds. The molecule has 71 heavy (non-hydrogen) atoms. The highest BCUT2D eigenvalue weighted by Crippen LogP contribution is 2.44. The number of nitriles is 1. The van der Waals surface area contributed by atoms with Crippen LogP contribution in [0.1, 0.15) is 5.56 Å². The van der Waals surface area contributed by atoms with E-state index >= 15 is 0 Å². The zero-order valence-corrected chi connectivity index (χ0v) is 38.1. The number of benzene rings is 10. The van der Waals surface area contributed by atoms with Gasteiger partial charge in [-0.25, -0.2) is 15.0 Å². The second-order valence-electron chi connectivity index (χ2n) is 17.9. The lowest BCUT2D eigenvalue weighted by molar-refractivity contribution is 1.06. The maximum absolute atomic E-state index is 10.6. The van der Waals surface area contributed by atoms with Crippen molar-refractivity contribution in [1.29, 1.82) is 5.26 Å². The molecule has 0 N–H and O–H groups in total. The number of para-hydroxylation sites is 5. The third kappa shape index (κ3) is 6.32. The molecule has 0 fully saturated rings. The van der Waals surface area contributed by atoms with Crippen LogP contribution in [0, 0.1) is 11.3 Å². The number of rotatable bonds is 7. The van der Waals surface area contributed by atoms with Gasteiger partial charge >= 0.3 is 0 Å². The van der Waals surface area contributed by atoms with E-state index in [0.717, 1.165) is 105 Å². The zero-order valence-electron chi connectivity index (χ0n) is 38.1. The summed E-state index contributed by atoms with van der Waals surface area (Å²) < 4.78 is 7.03. The maximum atomic E-state index is 10.6. The lowest BCUT2D eigenvalue weighted by atomic mass is 9.99. The van der Waals surface area contributed by atoms with Crippen LogP contribution in [0.4, 0.5) is 0 Å². The molecule has 0 spiro atoms. The minimum atomic E-state index is 0.455. The normalized spacial score (nSPS) is 11.6. The fourth-order valence-electron chi connectivity index (χ4n) is 10.9. The van der Waals surface area contributed by atoms with E-state index in [4.69, 9.17) is 15.0 Å². The molecule has 14 rings (SSSR count). The Morgan fingerprint density at radius 1 is 0.324 bits per heavy atom. The van der Waals surface area contributed by atoms with E-state index < -0.39 is 0 Å². The number of hydrogen-bond acceptors (Lipinski definition) is 4. The minimum Gasteiger partial charge on any atom is -0.309 e. The van der Waals surface area contributed by atoms with Crippen molar-refractivity contribution in [1.82, 2.24) is 28.7 Å². The standard InChI is InChI=1S/C64H39N7/c65-40-41-32-35-58(71-55-30-16-12-25-47(55)49-34-37-59-60(61(49)71)51-28-14-17-31-56(51)70(59)45-22-8-3-9-23-45)53(38-41)64-67-62(66-63(68-64)50-27-11-10-24-46(50)42-18-4-1-5-19-42)43-33-36-57-52(39-43)48-26-13-15-29-54(48)69(57)44-20-6-2-7-21-44/h1-39H. The highest BCUT2D eigenvalue weighted by molar-refractivity contribution is 6.26. The minimum absolute atomic E-state index is 0.455. The van der Waals surface area contributed by atoms with Gasteiger partial charge in [0.1, 0.15) is 0 Å². The molecule has 10 aromatic carbocycles. The zero-order chi connectivity index (χ0) is 47.0. The van der Waals surface area contributed by atoms with Crippen LogP contribution in [-0.4, -0.2) is 28.7 Å². The molecule has 0 radical (unpaired) electrons. The monoisotopic (exact) mass is 905 g/mol. The third-order valence-electron chi connectivity index (χ3n) is 13.9. The van der Waals surface area contributed by atoms with E-state index in [1.165, 1.54) is 0 Å². The Kier molecular flexibility index (Phi) is 9.13. The van der Waals surface area contributed by atoms with Crippen LogP contribution in [0.25, 0.3) is 128 Å². The Morgan fingerprint density at radius 2 is 0.831 bits per heavy atom. The molecule has 14 aromatic rings. The Morgan fingerprint density at radius 3 is 1.52 bits per heavy atom. The SMILES string of the molecule is N#Cc1ccc(-n2c3ccccc3c3ccc4c(c5ccccc5n4-c4ccccc4)c32)c(-c2nc(-c3ccc4c(c3)c3ccccc3n4-c3ccccc3)nc(-c3ccccc3-c3ccccc3)n2)c1. The van der Waals surface area contributed by atoms with E-state index in [1.807, 2.05) is 30.3 Å². The third-order valence-corrected chi connectivity index (χ3v) is 13.9. The smallest absolute Gasteiger partial charge is 0.166 e. The van der Waals surface area contributed by atoms with Crippen molar-refractivity contribution < 1.29 is 0 Å². The van der Waals surface area contributed by atoms with Gasteiger partial charge in [-0.3, -0.25) is 0 Å². The van der Waals surface area contributed by atoms with E-state index in [0.29, 0.717) is 28.6 Å². The Bertz CT molecular complexity index is 4460. The highest BCUT2D eigenvalue weighted by atomic mass is 15.1. The molecule has 7 heteroatoms. The average Bonchev–Trinajstić information content (AvgIpc) is 4.09. The molecule has 7 nitrogen and oxygen atoms in total. The molecule has 4 heterocycles. The Hall–Kier alpha value is -9.90. The predicted molar refractivity (Wildman–Crippen MR) is 289 cm³/mol. The summed E-state index contributed by atoms with van der Waals surface area (Å²) in [6.07, 6.45) is 0. The van der Waals surface area contributed by atoms with Gasteiger partial charge in [-0.15, -0.1) is 0 Å². The fourth-order valence-corrected chi connectivity index (χ4v) is 10.9. The first kappa shape index (κ1) is 40.2. The summed E-state index contributed by atoms with van der Waals surface area (Å²) in [4.78, 5) is 16.3. The molecule has 0 saturated heterocycles. The van der Waals surface area contributed by atoms with Gasteiger partial charge in [0.25, 0.3) is 0 Å². The first-order chi connectivity index (χ1) is 35.2. The summed E-state index contributed by atoms with van der Waals surface area (Å²) in [5, 5.41) is 17.4. The van der Waals surface area contributed by atoms with Crippen molar-refractivity contribution in [3.05, 3.63) is 242 Å². The molecule has 0 atom stereocenters. The van der Waals surface area contributed by atoms with Crippen molar-refractivity contribution in [3.63, 3.8) is 0 Å². The van der Waals surface area contributed by atoms with Crippen molar-refractivity contribution >= 4 is 65.4 Å². The second-order valence-corrected chi connectivity index (χ2v) is 17.9. The first-order valence-corrected chi connectivity index (χ1v) is 23.8. The first-order valence-electron chi connectivity index (χ1n) is 23.8.